The molecule has 1 N–H and O–H groups in total. The lowest BCUT2D eigenvalue weighted by Crippen LogP contribution is -2.36. The normalized spacial score (nSPS) is 18.8. The summed E-state index contributed by atoms with van der Waals surface area (Å²) >= 11 is 0. The monoisotopic (exact) mass is 290 g/mol. The fourth-order valence-electron chi connectivity index (χ4n) is 2.70. The number of imidazole rings is 1. The lowest BCUT2D eigenvalue weighted by atomic mass is 9.98. The van der Waals surface area contributed by atoms with Crippen LogP contribution in [0.2, 0.25) is 0 Å². The number of H-pyrrole nitrogens is 1. The van der Waals surface area contributed by atoms with Crippen LogP contribution in [-0.2, 0) is 0 Å². The van der Waals surface area contributed by atoms with Gasteiger partial charge in [0.2, 0.25) is 5.95 Å². The van der Waals surface area contributed by atoms with E-state index in [0.29, 0.717) is 17.7 Å². The van der Waals surface area contributed by atoms with Crippen molar-refractivity contribution in [3.8, 4) is 0 Å². The Labute approximate surface area is 123 Å². The standard InChI is InChI=1S/C14H19FN6/c1-20(2)13-11(15)8-18-14(19-13)21-7-3-4-10(9-21)12-16-5-6-17-12/h5-6,8,10H,3-4,7,9H2,1-2H3,(H,16,17)/t10-/m1/s1. The number of hydrogen-bond acceptors (Lipinski definition) is 5. The van der Waals surface area contributed by atoms with E-state index < -0.39 is 5.82 Å². The molecule has 1 fully saturated rings. The summed E-state index contributed by atoms with van der Waals surface area (Å²) in [5.74, 6) is 1.83. The highest BCUT2D eigenvalue weighted by Crippen LogP contribution is 2.27. The van der Waals surface area contributed by atoms with Gasteiger partial charge in [-0.2, -0.15) is 4.98 Å². The van der Waals surface area contributed by atoms with Crippen LogP contribution < -0.4 is 9.80 Å². The minimum absolute atomic E-state index is 0.320. The summed E-state index contributed by atoms with van der Waals surface area (Å²) in [6, 6.07) is 0. The number of halogens is 1. The van der Waals surface area contributed by atoms with Crippen molar-refractivity contribution in [3.05, 3.63) is 30.2 Å². The second-order valence-electron chi connectivity index (χ2n) is 5.50. The average Bonchev–Trinajstić information content (AvgIpc) is 3.02. The van der Waals surface area contributed by atoms with Crippen molar-refractivity contribution in [1.82, 2.24) is 19.9 Å². The Balaban J connectivity index is 1.82. The van der Waals surface area contributed by atoms with Gasteiger partial charge in [0.1, 0.15) is 5.82 Å². The third-order valence-electron chi connectivity index (χ3n) is 3.75. The molecule has 0 amide bonds. The molecule has 3 heterocycles. The molecule has 1 aliphatic heterocycles. The zero-order valence-electron chi connectivity index (χ0n) is 12.3. The molecule has 0 aromatic carbocycles. The van der Waals surface area contributed by atoms with Gasteiger partial charge in [0.05, 0.1) is 6.20 Å². The molecule has 2 aromatic heterocycles. The Morgan fingerprint density at radius 3 is 2.95 bits per heavy atom. The summed E-state index contributed by atoms with van der Waals surface area (Å²) in [6.45, 7) is 1.68. The van der Waals surface area contributed by atoms with Gasteiger partial charge in [-0.15, -0.1) is 0 Å². The largest absolute Gasteiger partial charge is 0.360 e. The first-order valence-electron chi connectivity index (χ1n) is 7.09. The van der Waals surface area contributed by atoms with Gasteiger partial charge in [0, 0.05) is 45.5 Å². The highest BCUT2D eigenvalue weighted by Gasteiger charge is 2.25. The molecule has 0 radical (unpaired) electrons. The highest BCUT2D eigenvalue weighted by atomic mass is 19.1. The van der Waals surface area contributed by atoms with Crippen LogP contribution in [0.15, 0.2) is 18.6 Å². The van der Waals surface area contributed by atoms with E-state index in [4.69, 9.17) is 0 Å². The van der Waals surface area contributed by atoms with Crippen LogP contribution in [0.3, 0.4) is 0 Å². The highest BCUT2D eigenvalue weighted by molar-refractivity contribution is 5.44. The van der Waals surface area contributed by atoms with E-state index in [1.54, 1.807) is 25.2 Å². The van der Waals surface area contributed by atoms with Crippen LogP contribution in [0.25, 0.3) is 0 Å². The molecule has 1 saturated heterocycles. The van der Waals surface area contributed by atoms with Crippen LogP contribution in [0, 0.1) is 5.82 Å². The van der Waals surface area contributed by atoms with E-state index >= 15 is 0 Å². The summed E-state index contributed by atoms with van der Waals surface area (Å²) in [6.07, 6.45) is 6.99. The number of nitrogens with one attached hydrogen (secondary N) is 1. The smallest absolute Gasteiger partial charge is 0.227 e. The van der Waals surface area contributed by atoms with Gasteiger partial charge in [-0.1, -0.05) is 0 Å². The van der Waals surface area contributed by atoms with Gasteiger partial charge in [-0.3, -0.25) is 0 Å². The summed E-state index contributed by atoms with van der Waals surface area (Å²) in [4.78, 5) is 19.8. The molecule has 1 atom stereocenters. The van der Waals surface area contributed by atoms with E-state index in [9.17, 15) is 4.39 Å². The molecule has 6 nitrogen and oxygen atoms in total. The predicted molar refractivity (Wildman–Crippen MR) is 79.1 cm³/mol. The van der Waals surface area contributed by atoms with Crippen molar-refractivity contribution in [3.63, 3.8) is 0 Å². The fourth-order valence-corrected chi connectivity index (χ4v) is 2.70. The van der Waals surface area contributed by atoms with Gasteiger partial charge in [-0.25, -0.2) is 14.4 Å². The molecule has 7 heteroatoms. The Bertz CT molecular complexity index is 598. The van der Waals surface area contributed by atoms with Crippen LogP contribution in [0.4, 0.5) is 16.2 Å². The number of anilines is 2. The number of aromatic nitrogens is 4. The van der Waals surface area contributed by atoms with Gasteiger partial charge in [0.15, 0.2) is 11.6 Å². The zero-order valence-corrected chi connectivity index (χ0v) is 12.3. The van der Waals surface area contributed by atoms with Crippen LogP contribution in [0.1, 0.15) is 24.6 Å². The van der Waals surface area contributed by atoms with Crippen molar-refractivity contribution in [2.75, 3.05) is 37.0 Å². The predicted octanol–water partition coefficient (Wildman–Crippen LogP) is 1.79. The first-order chi connectivity index (χ1) is 10.1. The van der Waals surface area contributed by atoms with E-state index in [2.05, 4.69) is 24.8 Å². The third kappa shape index (κ3) is 2.81. The molecule has 0 aliphatic carbocycles. The van der Waals surface area contributed by atoms with Crippen LogP contribution in [-0.4, -0.2) is 47.1 Å². The van der Waals surface area contributed by atoms with E-state index in [1.165, 1.54) is 6.20 Å². The maximum atomic E-state index is 13.7. The molecule has 3 rings (SSSR count). The summed E-state index contributed by atoms with van der Waals surface area (Å²) in [5, 5.41) is 0. The quantitative estimate of drug-likeness (QED) is 0.934. The first-order valence-corrected chi connectivity index (χ1v) is 7.09. The number of aromatic amines is 1. The van der Waals surface area contributed by atoms with Crippen molar-refractivity contribution in [1.29, 1.82) is 0 Å². The molecule has 0 saturated carbocycles. The topological polar surface area (TPSA) is 60.9 Å². The summed E-state index contributed by atoms with van der Waals surface area (Å²) in [7, 11) is 3.55. The van der Waals surface area contributed by atoms with Crippen LogP contribution in [0.5, 0.6) is 0 Å². The Hall–Kier alpha value is -2.18. The molecule has 1 aliphatic rings. The molecular formula is C14H19FN6. The number of rotatable bonds is 3. The average molecular weight is 290 g/mol. The second kappa shape index (κ2) is 5.67. The lowest BCUT2D eigenvalue weighted by molar-refractivity contribution is 0.487. The summed E-state index contributed by atoms with van der Waals surface area (Å²) in [5.41, 5.74) is 0. The number of nitrogens with zero attached hydrogens (tertiary/aromatic N) is 5. The summed E-state index contributed by atoms with van der Waals surface area (Å²) < 4.78 is 13.7. The minimum Gasteiger partial charge on any atom is -0.360 e. The van der Waals surface area contributed by atoms with Gasteiger partial charge in [0.25, 0.3) is 0 Å². The lowest BCUT2D eigenvalue weighted by Gasteiger charge is -2.32. The Morgan fingerprint density at radius 1 is 1.38 bits per heavy atom. The molecule has 21 heavy (non-hydrogen) atoms. The molecule has 0 spiro atoms. The third-order valence-corrected chi connectivity index (χ3v) is 3.75. The Morgan fingerprint density at radius 2 is 2.24 bits per heavy atom. The van der Waals surface area contributed by atoms with E-state index in [-0.39, 0.29) is 0 Å². The Kier molecular flexibility index (Phi) is 3.72. The second-order valence-corrected chi connectivity index (χ2v) is 5.50. The number of hydrogen-bond donors (Lipinski definition) is 1. The molecule has 2 aromatic rings. The van der Waals surface area contributed by atoms with Crippen LogP contribution >= 0.6 is 0 Å². The van der Waals surface area contributed by atoms with Gasteiger partial charge >= 0.3 is 0 Å². The molecule has 0 bridgehead atoms. The van der Waals surface area contributed by atoms with E-state index in [1.807, 2.05) is 6.20 Å². The SMILES string of the molecule is CN(C)c1nc(N2CCC[C@@H](c3ncc[nH]3)C2)ncc1F. The molecular weight excluding hydrogens is 271 g/mol. The maximum absolute atomic E-state index is 13.7. The zero-order chi connectivity index (χ0) is 14.8. The van der Waals surface area contributed by atoms with Crippen molar-refractivity contribution < 1.29 is 4.39 Å². The minimum atomic E-state index is -0.400. The molecule has 112 valence electrons. The van der Waals surface area contributed by atoms with Gasteiger partial charge < -0.3 is 14.8 Å². The molecule has 0 unspecified atom stereocenters. The van der Waals surface area contributed by atoms with Gasteiger partial charge in [-0.05, 0) is 12.8 Å². The maximum Gasteiger partial charge on any atom is 0.227 e. The number of piperidine rings is 1. The van der Waals surface area contributed by atoms with Crippen molar-refractivity contribution >= 4 is 11.8 Å². The van der Waals surface area contributed by atoms with Crippen molar-refractivity contribution in [2.45, 2.75) is 18.8 Å². The van der Waals surface area contributed by atoms with Crippen molar-refractivity contribution in [2.24, 2.45) is 0 Å². The van der Waals surface area contributed by atoms with E-state index in [0.717, 1.165) is 31.8 Å². The first kappa shape index (κ1) is 13.8. The fraction of sp³-hybridized carbons (Fsp3) is 0.500.